The average molecular weight is 478 g/mol. The zero-order valence-electron chi connectivity index (χ0n) is 18.3. The van der Waals surface area contributed by atoms with E-state index in [1.807, 2.05) is 41.6 Å². The Morgan fingerprint density at radius 1 is 1.16 bits per heavy atom. The Morgan fingerprint density at radius 3 is 2.50 bits per heavy atom. The van der Waals surface area contributed by atoms with Crippen LogP contribution >= 0.6 is 23.1 Å². The quantitative estimate of drug-likeness (QED) is 0.388. The van der Waals surface area contributed by atoms with Gasteiger partial charge in [0.1, 0.15) is 15.7 Å². The Kier molecular flexibility index (Phi) is 7.36. The van der Waals surface area contributed by atoms with Gasteiger partial charge in [-0.05, 0) is 24.6 Å². The van der Waals surface area contributed by atoms with Gasteiger partial charge in [0.25, 0.3) is 0 Å². The van der Waals surface area contributed by atoms with Crippen molar-refractivity contribution < 1.29 is 23.9 Å². The predicted molar refractivity (Wildman–Crippen MR) is 120 cm³/mol. The van der Waals surface area contributed by atoms with Crippen LogP contribution < -0.4 is 5.32 Å². The van der Waals surface area contributed by atoms with Gasteiger partial charge in [-0.2, -0.15) is 0 Å². The van der Waals surface area contributed by atoms with Crippen molar-refractivity contribution in [3.63, 3.8) is 0 Å². The summed E-state index contributed by atoms with van der Waals surface area (Å²) in [6.45, 7) is 1.60. The third kappa shape index (κ3) is 4.86. The molecule has 0 aliphatic heterocycles. The molecule has 32 heavy (non-hydrogen) atoms. The van der Waals surface area contributed by atoms with Gasteiger partial charge in [-0.3, -0.25) is 4.79 Å². The lowest BCUT2D eigenvalue weighted by molar-refractivity contribution is -0.113. The Bertz CT molecular complexity index is 1160. The normalized spacial score (nSPS) is 10.8. The maximum atomic E-state index is 12.6. The number of nitrogens with one attached hydrogen (secondary N) is 1. The van der Waals surface area contributed by atoms with Gasteiger partial charge in [0.2, 0.25) is 5.91 Å². The summed E-state index contributed by atoms with van der Waals surface area (Å²) in [7, 11) is 6.30. The van der Waals surface area contributed by atoms with E-state index in [1.54, 1.807) is 6.92 Å². The molecule has 0 unspecified atom stereocenters. The summed E-state index contributed by atoms with van der Waals surface area (Å²) >= 11 is 2.19. The van der Waals surface area contributed by atoms with Gasteiger partial charge in [-0.1, -0.05) is 11.8 Å². The number of amides is 1. The number of ether oxygens (including phenoxy) is 2. The number of anilines is 1. The maximum Gasteiger partial charge on any atom is 0.348 e. The van der Waals surface area contributed by atoms with Crippen LogP contribution in [0.25, 0.3) is 0 Å². The number of aryl methyl sites for hydroxylation is 1. The molecule has 3 rings (SSSR count). The second-order valence-corrected chi connectivity index (χ2v) is 8.79. The van der Waals surface area contributed by atoms with Crippen LogP contribution in [0.2, 0.25) is 0 Å². The van der Waals surface area contributed by atoms with E-state index >= 15 is 0 Å². The van der Waals surface area contributed by atoms with Crippen molar-refractivity contribution in [1.29, 1.82) is 0 Å². The van der Waals surface area contributed by atoms with Gasteiger partial charge in [0, 0.05) is 32.4 Å². The topological polar surface area (TPSA) is 117 Å². The predicted octanol–water partition coefficient (Wildman–Crippen LogP) is 2.42. The monoisotopic (exact) mass is 477 g/mol. The molecule has 3 heterocycles. The number of aromatic nitrogens is 4. The second kappa shape index (κ2) is 10.0. The zero-order valence-corrected chi connectivity index (χ0v) is 19.9. The van der Waals surface area contributed by atoms with E-state index in [9.17, 15) is 14.4 Å². The fraction of sp³-hybridized carbons (Fsp3) is 0.350. The fourth-order valence-electron chi connectivity index (χ4n) is 3.00. The highest BCUT2D eigenvalue weighted by atomic mass is 32.2. The summed E-state index contributed by atoms with van der Waals surface area (Å²) in [6, 6.07) is 3.98. The first-order valence-corrected chi connectivity index (χ1v) is 11.3. The summed E-state index contributed by atoms with van der Waals surface area (Å²) in [5.74, 6) is -0.765. The minimum absolute atomic E-state index is 0.0429. The van der Waals surface area contributed by atoms with E-state index in [0.29, 0.717) is 17.1 Å². The van der Waals surface area contributed by atoms with Crippen molar-refractivity contribution in [2.45, 2.75) is 18.5 Å². The molecule has 170 valence electrons. The van der Waals surface area contributed by atoms with Crippen LogP contribution in [0.4, 0.5) is 5.00 Å². The van der Waals surface area contributed by atoms with E-state index in [2.05, 4.69) is 15.5 Å². The molecule has 0 saturated heterocycles. The largest absolute Gasteiger partial charge is 0.465 e. The highest BCUT2D eigenvalue weighted by molar-refractivity contribution is 7.99. The number of thiophene rings is 1. The molecule has 0 radical (unpaired) electrons. The molecule has 12 heteroatoms. The minimum Gasteiger partial charge on any atom is -0.465 e. The van der Waals surface area contributed by atoms with E-state index in [1.165, 1.54) is 26.0 Å². The number of hydrogen-bond acceptors (Lipinski definition) is 9. The highest BCUT2D eigenvalue weighted by Gasteiger charge is 2.27. The number of carbonyl (C=O) groups excluding carboxylic acids is 3. The number of thioether (sulfide) groups is 1. The van der Waals surface area contributed by atoms with Gasteiger partial charge in [0.05, 0.1) is 25.5 Å². The van der Waals surface area contributed by atoms with Crippen molar-refractivity contribution in [2.24, 2.45) is 14.1 Å². The standard InChI is InChI=1S/C20H23N5O5S2/c1-11-15(18(27)29-4)17(32-16(11)19(28)30-5)21-14(26)10-31-20-23-22-13(25(20)3)9-12-7-6-8-24(12)2/h6-8H,9-10H2,1-5H3,(H,21,26). The molecule has 0 bridgehead atoms. The van der Waals surface area contributed by atoms with Crippen molar-refractivity contribution in [3.05, 3.63) is 45.9 Å². The third-order valence-corrected chi connectivity index (χ3v) is 7.02. The van der Waals surface area contributed by atoms with Crippen LogP contribution in [0.3, 0.4) is 0 Å². The van der Waals surface area contributed by atoms with Crippen LogP contribution in [-0.2, 0) is 34.8 Å². The van der Waals surface area contributed by atoms with E-state index < -0.39 is 11.9 Å². The van der Waals surface area contributed by atoms with Crippen LogP contribution in [0, 0.1) is 6.92 Å². The molecular weight excluding hydrogens is 454 g/mol. The molecule has 1 amide bonds. The Balaban J connectivity index is 1.70. The molecule has 0 spiro atoms. The lowest BCUT2D eigenvalue weighted by atomic mass is 10.1. The average Bonchev–Trinajstić information content (AvgIpc) is 3.44. The smallest absolute Gasteiger partial charge is 0.348 e. The fourth-order valence-corrected chi connectivity index (χ4v) is 4.86. The van der Waals surface area contributed by atoms with Crippen LogP contribution in [-0.4, -0.2) is 57.1 Å². The van der Waals surface area contributed by atoms with Crippen LogP contribution in [0.1, 0.15) is 37.1 Å². The van der Waals surface area contributed by atoms with Crippen LogP contribution in [0.5, 0.6) is 0 Å². The first-order chi connectivity index (χ1) is 15.3. The molecule has 1 N–H and O–H groups in total. The van der Waals surface area contributed by atoms with Gasteiger partial charge in [-0.15, -0.1) is 21.5 Å². The second-order valence-electron chi connectivity index (χ2n) is 6.83. The number of carbonyl (C=O) groups is 3. The number of esters is 2. The lowest BCUT2D eigenvalue weighted by Crippen LogP contribution is -2.16. The molecule has 0 fully saturated rings. The van der Waals surface area contributed by atoms with E-state index in [0.717, 1.165) is 22.9 Å². The number of hydrogen-bond donors (Lipinski definition) is 1. The van der Waals surface area contributed by atoms with Gasteiger partial charge in [-0.25, -0.2) is 9.59 Å². The van der Waals surface area contributed by atoms with Crippen molar-refractivity contribution in [2.75, 3.05) is 25.3 Å². The van der Waals surface area contributed by atoms with E-state index in [4.69, 9.17) is 9.47 Å². The number of methoxy groups -OCH3 is 2. The van der Waals surface area contributed by atoms with E-state index in [-0.39, 0.29) is 27.1 Å². The molecule has 0 aliphatic carbocycles. The summed E-state index contributed by atoms with van der Waals surface area (Å²) in [6.07, 6.45) is 2.58. The van der Waals surface area contributed by atoms with Crippen LogP contribution in [0.15, 0.2) is 23.5 Å². The van der Waals surface area contributed by atoms with Gasteiger partial charge >= 0.3 is 11.9 Å². The lowest BCUT2D eigenvalue weighted by Gasteiger charge is -2.07. The molecule has 3 aromatic heterocycles. The molecule has 3 aromatic rings. The van der Waals surface area contributed by atoms with Crippen molar-refractivity contribution in [1.82, 2.24) is 19.3 Å². The summed E-state index contributed by atoms with van der Waals surface area (Å²) < 4.78 is 13.4. The molecule has 0 aromatic carbocycles. The van der Waals surface area contributed by atoms with Crippen molar-refractivity contribution in [3.8, 4) is 0 Å². The first-order valence-electron chi connectivity index (χ1n) is 9.47. The summed E-state index contributed by atoms with van der Waals surface area (Å²) in [4.78, 5) is 37.0. The Labute approximate surface area is 192 Å². The van der Waals surface area contributed by atoms with Gasteiger partial charge < -0.3 is 23.9 Å². The number of nitrogens with zero attached hydrogens (tertiary/aromatic N) is 4. The Hall–Kier alpha value is -3.12. The third-order valence-electron chi connectivity index (χ3n) is 4.81. The summed E-state index contributed by atoms with van der Waals surface area (Å²) in [5, 5.41) is 11.9. The minimum atomic E-state index is -0.643. The van der Waals surface area contributed by atoms with Gasteiger partial charge in [0.15, 0.2) is 5.16 Å². The molecule has 10 nitrogen and oxygen atoms in total. The zero-order chi connectivity index (χ0) is 23.4. The molecular formula is C20H23N5O5S2. The SMILES string of the molecule is COC(=O)c1sc(NC(=O)CSc2nnc(Cc3cccn3C)n2C)c(C(=O)OC)c1C. The van der Waals surface area contributed by atoms with Crippen molar-refractivity contribution >= 4 is 45.9 Å². The maximum absolute atomic E-state index is 12.6. The number of rotatable bonds is 8. The molecule has 0 saturated carbocycles. The highest BCUT2D eigenvalue weighted by Crippen LogP contribution is 2.34. The molecule has 0 atom stereocenters. The molecule has 0 aliphatic rings. The summed E-state index contributed by atoms with van der Waals surface area (Å²) in [5.41, 5.74) is 1.63. The Morgan fingerprint density at radius 2 is 1.88 bits per heavy atom. The first kappa shape index (κ1) is 23.5.